The number of benzene rings is 1. The number of unbranched alkanes of at least 4 members (excludes halogenated alkanes) is 2. The van der Waals surface area contributed by atoms with Gasteiger partial charge in [-0.3, -0.25) is 0 Å². The van der Waals surface area contributed by atoms with Crippen molar-refractivity contribution >= 4 is 16.9 Å². The maximum atomic E-state index is 11.2. The zero-order valence-electron chi connectivity index (χ0n) is 11.5. The number of carboxylic acids is 1. The quantitative estimate of drug-likeness (QED) is 0.786. The van der Waals surface area contributed by atoms with E-state index in [1.807, 2.05) is 0 Å². The minimum absolute atomic E-state index is 0.520. The second kappa shape index (κ2) is 6.84. The predicted molar refractivity (Wildman–Crippen MR) is 75.7 cm³/mol. The molecule has 0 radical (unpaired) electrons. The van der Waals surface area contributed by atoms with Gasteiger partial charge in [0, 0.05) is 11.6 Å². The molecule has 1 aromatic heterocycles. The van der Waals surface area contributed by atoms with Gasteiger partial charge >= 0.3 is 5.97 Å². The van der Waals surface area contributed by atoms with E-state index in [2.05, 4.69) is 16.9 Å². The third-order valence-corrected chi connectivity index (χ3v) is 3.10. The molecule has 1 heterocycles. The van der Waals surface area contributed by atoms with Crippen molar-refractivity contribution in [3.8, 4) is 5.75 Å². The minimum Gasteiger partial charge on any atom is -0.479 e. The molecule has 5 heteroatoms. The van der Waals surface area contributed by atoms with Gasteiger partial charge < -0.3 is 9.84 Å². The molecule has 1 atom stereocenters. The van der Waals surface area contributed by atoms with E-state index in [4.69, 9.17) is 4.74 Å². The third kappa shape index (κ3) is 3.66. The number of aliphatic carboxylic acids is 1. The van der Waals surface area contributed by atoms with Crippen LogP contribution in [0.15, 0.2) is 30.7 Å². The molecule has 1 N–H and O–H groups in total. The molecule has 0 fully saturated rings. The van der Waals surface area contributed by atoms with Gasteiger partial charge in [0.15, 0.2) is 6.10 Å². The van der Waals surface area contributed by atoms with E-state index in [-0.39, 0.29) is 0 Å². The van der Waals surface area contributed by atoms with Crippen molar-refractivity contribution in [1.82, 2.24) is 9.97 Å². The highest BCUT2D eigenvalue weighted by Crippen LogP contribution is 2.20. The number of hydrogen-bond donors (Lipinski definition) is 1. The van der Waals surface area contributed by atoms with E-state index in [9.17, 15) is 9.90 Å². The van der Waals surface area contributed by atoms with Crippen LogP contribution in [0.5, 0.6) is 5.75 Å². The van der Waals surface area contributed by atoms with Gasteiger partial charge in [0.1, 0.15) is 12.1 Å². The predicted octanol–water partition coefficient (Wildman–Crippen LogP) is 3.04. The summed E-state index contributed by atoms with van der Waals surface area (Å²) in [6.45, 7) is 2.08. The fourth-order valence-corrected chi connectivity index (χ4v) is 2.01. The van der Waals surface area contributed by atoms with Crippen molar-refractivity contribution in [1.29, 1.82) is 0 Å². The normalized spacial score (nSPS) is 12.2. The number of rotatable bonds is 7. The molecule has 0 aliphatic rings. The monoisotopic (exact) mass is 274 g/mol. The summed E-state index contributed by atoms with van der Waals surface area (Å²) in [7, 11) is 0. The van der Waals surface area contributed by atoms with Gasteiger partial charge in [0.05, 0.1) is 5.52 Å². The Labute approximate surface area is 117 Å². The van der Waals surface area contributed by atoms with Crippen LogP contribution in [-0.2, 0) is 4.79 Å². The first-order valence-corrected chi connectivity index (χ1v) is 6.80. The van der Waals surface area contributed by atoms with Crippen LogP contribution >= 0.6 is 0 Å². The fourth-order valence-electron chi connectivity index (χ4n) is 2.01. The van der Waals surface area contributed by atoms with E-state index >= 15 is 0 Å². The van der Waals surface area contributed by atoms with E-state index in [1.54, 1.807) is 24.4 Å². The molecule has 0 saturated heterocycles. The van der Waals surface area contributed by atoms with Crippen molar-refractivity contribution in [2.75, 3.05) is 0 Å². The number of nitrogens with zero attached hydrogens (tertiary/aromatic N) is 2. The number of carboxylic acid groups (broad SMARTS) is 1. The zero-order valence-corrected chi connectivity index (χ0v) is 11.5. The molecular weight excluding hydrogens is 256 g/mol. The van der Waals surface area contributed by atoms with Crippen molar-refractivity contribution in [2.45, 2.75) is 38.7 Å². The van der Waals surface area contributed by atoms with Gasteiger partial charge in [-0.05, 0) is 31.0 Å². The molecule has 0 aliphatic carbocycles. The molecule has 0 spiro atoms. The number of fused-ring (bicyclic) bond motifs is 1. The van der Waals surface area contributed by atoms with Gasteiger partial charge in [0.2, 0.25) is 0 Å². The standard InChI is InChI=1S/C15H18N2O3/c1-2-3-4-5-14(15(18)19)20-12-6-7-13-11(8-12)9-16-10-17-13/h6-10,14H,2-5H2,1H3,(H,18,19). The van der Waals surface area contributed by atoms with Gasteiger partial charge in [-0.25, -0.2) is 14.8 Å². The lowest BCUT2D eigenvalue weighted by molar-refractivity contribution is -0.145. The number of ether oxygens (including phenoxy) is 1. The summed E-state index contributed by atoms with van der Waals surface area (Å²) in [5.41, 5.74) is 0.810. The topological polar surface area (TPSA) is 72.3 Å². The number of aromatic nitrogens is 2. The van der Waals surface area contributed by atoms with Crippen LogP contribution in [0.25, 0.3) is 10.9 Å². The average molecular weight is 274 g/mol. The SMILES string of the molecule is CCCCCC(Oc1ccc2ncncc2c1)C(=O)O. The lowest BCUT2D eigenvalue weighted by Crippen LogP contribution is -2.26. The summed E-state index contributed by atoms with van der Waals surface area (Å²) in [5, 5.41) is 10.0. The Hall–Kier alpha value is -2.17. The zero-order chi connectivity index (χ0) is 14.4. The van der Waals surface area contributed by atoms with Gasteiger partial charge in [-0.2, -0.15) is 0 Å². The molecule has 20 heavy (non-hydrogen) atoms. The molecule has 5 nitrogen and oxygen atoms in total. The number of carbonyl (C=O) groups is 1. The van der Waals surface area contributed by atoms with Crippen LogP contribution in [0.3, 0.4) is 0 Å². The molecule has 0 amide bonds. The largest absolute Gasteiger partial charge is 0.479 e. The smallest absolute Gasteiger partial charge is 0.344 e. The van der Waals surface area contributed by atoms with Crippen LogP contribution in [-0.4, -0.2) is 27.1 Å². The second-order valence-electron chi connectivity index (χ2n) is 4.68. The second-order valence-corrected chi connectivity index (χ2v) is 4.68. The Bertz CT molecular complexity index is 586. The van der Waals surface area contributed by atoms with E-state index in [0.717, 1.165) is 30.2 Å². The van der Waals surface area contributed by atoms with Crippen molar-refractivity contribution in [3.63, 3.8) is 0 Å². The Morgan fingerprint density at radius 2 is 2.25 bits per heavy atom. The Morgan fingerprint density at radius 3 is 3.00 bits per heavy atom. The highest BCUT2D eigenvalue weighted by atomic mass is 16.5. The summed E-state index contributed by atoms with van der Waals surface area (Å²) in [4.78, 5) is 19.3. The maximum absolute atomic E-state index is 11.2. The van der Waals surface area contributed by atoms with Crippen LogP contribution in [0.1, 0.15) is 32.6 Å². The van der Waals surface area contributed by atoms with Crippen LogP contribution in [0, 0.1) is 0 Å². The lowest BCUT2D eigenvalue weighted by Gasteiger charge is -2.15. The molecule has 0 aliphatic heterocycles. The Balaban J connectivity index is 2.09. The summed E-state index contributed by atoms with van der Waals surface area (Å²) in [5.74, 6) is -0.387. The van der Waals surface area contributed by atoms with Crippen molar-refractivity contribution in [3.05, 3.63) is 30.7 Å². The van der Waals surface area contributed by atoms with Crippen LogP contribution < -0.4 is 4.74 Å². The van der Waals surface area contributed by atoms with Crippen LogP contribution in [0.2, 0.25) is 0 Å². The molecule has 2 rings (SSSR count). The highest BCUT2D eigenvalue weighted by Gasteiger charge is 2.18. The molecule has 0 bridgehead atoms. The highest BCUT2D eigenvalue weighted by molar-refractivity contribution is 5.79. The van der Waals surface area contributed by atoms with E-state index < -0.39 is 12.1 Å². The molecule has 0 saturated carbocycles. The third-order valence-electron chi connectivity index (χ3n) is 3.10. The number of hydrogen-bond acceptors (Lipinski definition) is 4. The van der Waals surface area contributed by atoms with Crippen molar-refractivity contribution in [2.24, 2.45) is 0 Å². The van der Waals surface area contributed by atoms with E-state index in [0.29, 0.717) is 12.2 Å². The summed E-state index contributed by atoms with van der Waals surface area (Å²) < 4.78 is 5.58. The van der Waals surface area contributed by atoms with Gasteiger partial charge in [-0.15, -0.1) is 0 Å². The fraction of sp³-hybridized carbons (Fsp3) is 0.400. The summed E-state index contributed by atoms with van der Waals surface area (Å²) in [6, 6.07) is 5.31. The first kappa shape index (κ1) is 14.2. The van der Waals surface area contributed by atoms with Crippen molar-refractivity contribution < 1.29 is 14.6 Å². The maximum Gasteiger partial charge on any atom is 0.344 e. The minimum atomic E-state index is -0.925. The summed E-state index contributed by atoms with van der Waals surface area (Å²) >= 11 is 0. The molecule has 1 unspecified atom stereocenters. The molecule has 106 valence electrons. The molecule has 2 aromatic rings. The van der Waals surface area contributed by atoms with E-state index in [1.165, 1.54) is 6.33 Å². The van der Waals surface area contributed by atoms with Gasteiger partial charge in [0.25, 0.3) is 0 Å². The first-order valence-electron chi connectivity index (χ1n) is 6.80. The van der Waals surface area contributed by atoms with Gasteiger partial charge in [-0.1, -0.05) is 19.8 Å². The lowest BCUT2D eigenvalue weighted by atomic mass is 10.1. The summed E-state index contributed by atoms with van der Waals surface area (Å²) in [6.07, 6.45) is 5.80. The first-order chi connectivity index (χ1) is 9.70. The molecular formula is C15H18N2O3. The van der Waals surface area contributed by atoms with Crippen LogP contribution in [0.4, 0.5) is 0 Å². The Kier molecular flexibility index (Phi) is 4.87. The molecule has 1 aromatic carbocycles. The Morgan fingerprint density at radius 1 is 1.40 bits per heavy atom. The average Bonchev–Trinajstić information content (AvgIpc) is 2.46.